The summed E-state index contributed by atoms with van der Waals surface area (Å²) in [7, 11) is 0. The van der Waals surface area contributed by atoms with Crippen molar-refractivity contribution in [2.75, 3.05) is 4.90 Å². The fourth-order valence-corrected chi connectivity index (χ4v) is 3.71. The molecule has 6 heteroatoms. The van der Waals surface area contributed by atoms with E-state index in [2.05, 4.69) is 23.0 Å². The SMILES string of the molecule is Cc1cc(Cl)c(N2C(N)=NC(N)=NC23CCCCC3)cc1C. The Morgan fingerprint density at radius 1 is 1.09 bits per heavy atom. The van der Waals surface area contributed by atoms with Crippen molar-refractivity contribution >= 4 is 29.2 Å². The molecule has 1 fully saturated rings. The number of nitrogens with zero attached hydrogens (tertiary/aromatic N) is 3. The molecule has 2 aliphatic rings. The zero-order chi connectivity index (χ0) is 15.9. The van der Waals surface area contributed by atoms with E-state index in [1.54, 1.807) is 0 Å². The summed E-state index contributed by atoms with van der Waals surface area (Å²) < 4.78 is 0. The highest BCUT2D eigenvalue weighted by molar-refractivity contribution is 6.34. The first-order valence-electron chi connectivity index (χ1n) is 7.69. The van der Waals surface area contributed by atoms with Crippen molar-refractivity contribution in [3.8, 4) is 0 Å². The van der Waals surface area contributed by atoms with Crippen molar-refractivity contribution in [2.45, 2.75) is 51.6 Å². The van der Waals surface area contributed by atoms with Crippen LogP contribution in [0.2, 0.25) is 5.02 Å². The second kappa shape index (κ2) is 5.47. The molecule has 1 aromatic carbocycles. The standard InChI is InChI=1S/C16H22ClN5/c1-10-8-12(17)13(9-11(10)2)22-15(19)20-14(18)21-16(22)6-4-3-5-7-16/h8-9H,3-7H2,1-2H3,(H4,18,19,20,21). The van der Waals surface area contributed by atoms with Crippen molar-refractivity contribution in [1.82, 2.24) is 0 Å². The summed E-state index contributed by atoms with van der Waals surface area (Å²) in [5.74, 6) is 0.634. The number of aryl methyl sites for hydroxylation is 2. The van der Waals surface area contributed by atoms with Gasteiger partial charge in [0.1, 0.15) is 5.66 Å². The first-order chi connectivity index (χ1) is 10.4. The van der Waals surface area contributed by atoms with E-state index in [-0.39, 0.29) is 5.96 Å². The lowest BCUT2D eigenvalue weighted by atomic mass is 9.87. The number of halogens is 1. The van der Waals surface area contributed by atoms with Gasteiger partial charge < -0.3 is 11.5 Å². The Kier molecular flexibility index (Phi) is 3.77. The van der Waals surface area contributed by atoms with Gasteiger partial charge in [-0.1, -0.05) is 18.0 Å². The fourth-order valence-electron chi connectivity index (χ4n) is 3.41. The number of aliphatic imine (C=N–C) groups is 2. The molecule has 0 atom stereocenters. The molecule has 22 heavy (non-hydrogen) atoms. The van der Waals surface area contributed by atoms with Gasteiger partial charge in [-0.2, -0.15) is 4.99 Å². The Morgan fingerprint density at radius 2 is 1.73 bits per heavy atom. The fraction of sp³-hybridized carbons (Fsp3) is 0.500. The lowest BCUT2D eigenvalue weighted by Gasteiger charge is -2.46. The van der Waals surface area contributed by atoms with E-state index in [4.69, 9.17) is 23.1 Å². The van der Waals surface area contributed by atoms with Crippen molar-refractivity contribution in [3.63, 3.8) is 0 Å². The van der Waals surface area contributed by atoms with Crippen molar-refractivity contribution in [3.05, 3.63) is 28.3 Å². The van der Waals surface area contributed by atoms with Crippen LogP contribution in [0, 0.1) is 13.8 Å². The molecule has 0 radical (unpaired) electrons. The summed E-state index contributed by atoms with van der Waals surface area (Å²) in [6, 6.07) is 4.03. The van der Waals surface area contributed by atoms with Gasteiger partial charge in [-0.3, -0.25) is 4.90 Å². The summed E-state index contributed by atoms with van der Waals surface area (Å²) in [4.78, 5) is 10.8. The minimum atomic E-state index is -0.445. The maximum absolute atomic E-state index is 6.51. The van der Waals surface area contributed by atoms with Crippen molar-refractivity contribution in [1.29, 1.82) is 0 Å². The van der Waals surface area contributed by atoms with Gasteiger partial charge in [-0.05, 0) is 62.8 Å². The van der Waals surface area contributed by atoms with Gasteiger partial charge in [-0.25, -0.2) is 4.99 Å². The lowest BCUT2D eigenvalue weighted by Crippen LogP contribution is -2.58. The van der Waals surface area contributed by atoms with Gasteiger partial charge in [0.15, 0.2) is 0 Å². The molecule has 1 spiro atoms. The summed E-state index contributed by atoms with van der Waals surface area (Å²) in [5, 5.41) is 0.668. The smallest absolute Gasteiger partial charge is 0.220 e. The molecule has 1 saturated carbocycles. The third-order valence-corrected chi connectivity index (χ3v) is 4.96. The number of hydrogen-bond donors (Lipinski definition) is 2. The Balaban J connectivity index is 2.14. The van der Waals surface area contributed by atoms with Crippen LogP contribution >= 0.6 is 11.6 Å². The van der Waals surface area contributed by atoms with Gasteiger partial charge in [0.25, 0.3) is 0 Å². The number of benzene rings is 1. The number of hydrogen-bond acceptors (Lipinski definition) is 5. The first kappa shape index (κ1) is 15.2. The second-order valence-electron chi connectivity index (χ2n) is 6.21. The molecular formula is C16H22ClN5. The highest BCUT2D eigenvalue weighted by Gasteiger charge is 2.43. The Hall–Kier alpha value is -1.75. The number of guanidine groups is 2. The van der Waals surface area contributed by atoms with Crippen molar-refractivity contribution in [2.24, 2.45) is 21.5 Å². The molecule has 1 aliphatic heterocycles. The van der Waals surface area contributed by atoms with Gasteiger partial charge in [0, 0.05) is 0 Å². The van der Waals surface area contributed by atoms with Crippen LogP contribution in [-0.4, -0.2) is 17.6 Å². The summed E-state index contributed by atoms with van der Waals surface area (Å²) in [6.45, 7) is 4.11. The summed E-state index contributed by atoms with van der Waals surface area (Å²) in [6.07, 6.45) is 5.23. The summed E-state index contributed by atoms with van der Waals surface area (Å²) >= 11 is 6.51. The maximum atomic E-state index is 6.51. The predicted octanol–water partition coefficient (Wildman–Crippen LogP) is 3.07. The molecule has 0 unspecified atom stereocenters. The van der Waals surface area contributed by atoms with E-state index < -0.39 is 5.66 Å². The monoisotopic (exact) mass is 319 g/mol. The van der Waals surface area contributed by atoms with E-state index >= 15 is 0 Å². The van der Waals surface area contributed by atoms with Crippen LogP contribution in [0.3, 0.4) is 0 Å². The molecule has 0 amide bonds. The molecule has 0 bridgehead atoms. The quantitative estimate of drug-likeness (QED) is 0.834. The van der Waals surface area contributed by atoms with Crippen LogP contribution < -0.4 is 16.4 Å². The average Bonchev–Trinajstić information content (AvgIpc) is 2.44. The Bertz CT molecular complexity index is 659. The topological polar surface area (TPSA) is 80.0 Å². The highest BCUT2D eigenvalue weighted by atomic mass is 35.5. The molecule has 3 rings (SSSR count). The van der Waals surface area contributed by atoms with Crippen LogP contribution in [0.15, 0.2) is 22.1 Å². The van der Waals surface area contributed by atoms with Crippen LogP contribution in [-0.2, 0) is 0 Å². The van der Waals surface area contributed by atoms with E-state index in [1.807, 2.05) is 17.9 Å². The minimum Gasteiger partial charge on any atom is -0.369 e. The van der Waals surface area contributed by atoms with Gasteiger partial charge in [-0.15, -0.1) is 0 Å². The third-order valence-electron chi connectivity index (χ3n) is 4.66. The molecular weight excluding hydrogens is 298 g/mol. The normalized spacial score (nSPS) is 20.8. The average molecular weight is 320 g/mol. The molecule has 1 aromatic rings. The molecule has 1 aliphatic carbocycles. The molecule has 4 N–H and O–H groups in total. The van der Waals surface area contributed by atoms with Crippen molar-refractivity contribution < 1.29 is 0 Å². The van der Waals surface area contributed by atoms with Crippen LogP contribution in [0.1, 0.15) is 43.2 Å². The number of rotatable bonds is 1. The molecule has 0 aromatic heterocycles. The predicted molar refractivity (Wildman–Crippen MR) is 92.5 cm³/mol. The van der Waals surface area contributed by atoms with Crippen LogP contribution in [0.4, 0.5) is 5.69 Å². The number of nitrogens with two attached hydrogens (primary N) is 2. The Morgan fingerprint density at radius 3 is 2.41 bits per heavy atom. The lowest BCUT2D eigenvalue weighted by molar-refractivity contribution is 0.305. The van der Waals surface area contributed by atoms with E-state index in [1.165, 1.54) is 12.0 Å². The van der Waals surface area contributed by atoms with Gasteiger partial charge in [0.2, 0.25) is 11.9 Å². The van der Waals surface area contributed by atoms with Crippen LogP contribution in [0.25, 0.3) is 0 Å². The first-order valence-corrected chi connectivity index (χ1v) is 8.07. The highest BCUT2D eigenvalue weighted by Crippen LogP contribution is 2.42. The Labute approximate surface area is 136 Å². The van der Waals surface area contributed by atoms with Gasteiger partial charge >= 0.3 is 0 Å². The molecule has 0 saturated heterocycles. The largest absolute Gasteiger partial charge is 0.369 e. The van der Waals surface area contributed by atoms with E-state index in [9.17, 15) is 0 Å². The zero-order valence-corrected chi connectivity index (χ0v) is 13.8. The van der Waals surface area contributed by atoms with Crippen LogP contribution in [0.5, 0.6) is 0 Å². The third kappa shape index (κ3) is 2.43. The van der Waals surface area contributed by atoms with Gasteiger partial charge in [0.05, 0.1) is 10.7 Å². The second-order valence-corrected chi connectivity index (χ2v) is 6.61. The van der Waals surface area contributed by atoms with E-state index in [0.717, 1.165) is 36.9 Å². The summed E-state index contributed by atoms with van der Waals surface area (Å²) in [5.41, 5.74) is 14.8. The molecule has 118 valence electrons. The molecule has 5 nitrogen and oxygen atoms in total. The van der Waals surface area contributed by atoms with E-state index in [0.29, 0.717) is 11.0 Å². The number of anilines is 1. The maximum Gasteiger partial charge on any atom is 0.220 e. The molecule has 1 heterocycles. The zero-order valence-electron chi connectivity index (χ0n) is 13.1. The minimum absolute atomic E-state index is 0.260.